The minimum atomic E-state index is 0.186. The van der Waals surface area contributed by atoms with Crippen LogP contribution in [0.1, 0.15) is 18.5 Å². The Bertz CT molecular complexity index is 899. The SMILES string of the molecule is C[C@@H]([NH2+]CC(=O)N1CC[NH+](CC(=O)N2CCOCC2)CC1)c1cccc2ccccc12. The summed E-state index contributed by atoms with van der Waals surface area (Å²) in [6.07, 6.45) is 0. The fraction of sp³-hybridized carbons (Fsp3) is 0.500. The quantitative estimate of drug-likeness (QED) is 0.626. The molecule has 3 N–H and O–H groups in total. The summed E-state index contributed by atoms with van der Waals surface area (Å²) in [6.45, 7) is 8.91. The standard InChI is InChI=1S/C24H32N4O3/c1-19(21-8-4-6-20-5-2-3-7-22(20)21)25-17-23(29)27-11-9-26(10-12-27)18-24(30)28-13-15-31-16-14-28/h2-8,19,25H,9-18H2,1H3/p+2/t19-/m1/s1. The Labute approximate surface area is 183 Å². The molecule has 7 nitrogen and oxygen atoms in total. The maximum absolute atomic E-state index is 12.8. The molecule has 0 unspecified atom stereocenters. The molecule has 2 aromatic carbocycles. The summed E-state index contributed by atoms with van der Waals surface area (Å²) in [5.41, 5.74) is 1.27. The highest BCUT2D eigenvalue weighted by atomic mass is 16.5. The van der Waals surface area contributed by atoms with Crippen molar-refractivity contribution in [3.05, 3.63) is 48.0 Å². The van der Waals surface area contributed by atoms with Crippen LogP contribution >= 0.6 is 0 Å². The van der Waals surface area contributed by atoms with E-state index in [-0.39, 0.29) is 17.9 Å². The van der Waals surface area contributed by atoms with Crippen molar-refractivity contribution in [3.63, 3.8) is 0 Å². The molecule has 0 spiro atoms. The number of ether oxygens (including phenoxy) is 1. The van der Waals surface area contributed by atoms with Crippen LogP contribution in [-0.2, 0) is 14.3 Å². The first-order chi connectivity index (χ1) is 15.1. The van der Waals surface area contributed by atoms with Crippen molar-refractivity contribution in [3.8, 4) is 0 Å². The molecule has 0 radical (unpaired) electrons. The molecule has 2 aromatic rings. The average molecular weight is 427 g/mol. The first-order valence-electron chi connectivity index (χ1n) is 11.4. The van der Waals surface area contributed by atoms with Gasteiger partial charge in [-0.05, 0) is 17.7 Å². The predicted octanol–water partition coefficient (Wildman–Crippen LogP) is -0.950. The maximum Gasteiger partial charge on any atom is 0.278 e. The topological polar surface area (TPSA) is 70.9 Å². The van der Waals surface area contributed by atoms with Crippen molar-refractivity contribution in [1.82, 2.24) is 9.80 Å². The second-order valence-electron chi connectivity index (χ2n) is 8.60. The molecule has 1 atom stereocenters. The number of carbonyl (C=O) groups is 2. The highest BCUT2D eigenvalue weighted by molar-refractivity contribution is 5.86. The third-order valence-corrected chi connectivity index (χ3v) is 6.55. The zero-order valence-corrected chi connectivity index (χ0v) is 18.4. The number of nitrogens with two attached hydrogens (primary N) is 1. The number of carbonyl (C=O) groups excluding carboxylic acids is 2. The molecule has 4 rings (SSSR count). The number of amides is 2. The molecular weight excluding hydrogens is 392 g/mol. The minimum absolute atomic E-state index is 0.186. The van der Waals surface area contributed by atoms with Gasteiger partial charge in [0.05, 0.1) is 39.4 Å². The number of hydrogen-bond donors (Lipinski definition) is 2. The van der Waals surface area contributed by atoms with Crippen molar-refractivity contribution in [2.24, 2.45) is 0 Å². The molecule has 0 bridgehead atoms. The molecule has 31 heavy (non-hydrogen) atoms. The predicted molar refractivity (Wildman–Crippen MR) is 119 cm³/mol. The van der Waals surface area contributed by atoms with Crippen LogP contribution in [0.5, 0.6) is 0 Å². The molecule has 7 heteroatoms. The van der Waals surface area contributed by atoms with Crippen LogP contribution in [0.3, 0.4) is 0 Å². The van der Waals surface area contributed by atoms with Gasteiger partial charge in [0.1, 0.15) is 6.04 Å². The third-order valence-electron chi connectivity index (χ3n) is 6.55. The Hall–Kier alpha value is -2.48. The van der Waals surface area contributed by atoms with E-state index < -0.39 is 0 Å². The monoisotopic (exact) mass is 426 g/mol. The molecular formula is C24H34N4O3+2. The molecule has 2 amide bonds. The summed E-state index contributed by atoms with van der Waals surface area (Å²) in [6, 6.07) is 15.0. The summed E-state index contributed by atoms with van der Waals surface area (Å²) < 4.78 is 5.32. The van der Waals surface area contributed by atoms with Crippen molar-refractivity contribution in [2.45, 2.75) is 13.0 Å². The van der Waals surface area contributed by atoms with Gasteiger partial charge in [-0.3, -0.25) is 9.59 Å². The van der Waals surface area contributed by atoms with Crippen LogP contribution < -0.4 is 10.2 Å². The number of nitrogens with one attached hydrogen (secondary N) is 1. The highest BCUT2D eigenvalue weighted by Gasteiger charge is 2.28. The molecule has 2 heterocycles. The van der Waals surface area contributed by atoms with Crippen LogP contribution in [0.4, 0.5) is 0 Å². The second-order valence-corrected chi connectivity index (χ2v) is 8.60. The van der Waals surface area contributed by atoms with E-state index in [0.717, 1.165) is 26.2 Å². The van der Waals surface area contributed by atoms with E-state index in [1.54, 1.807) is 0 Å². The zero-order valence-electron chi connectivity index (χ0n) is 18.4. The molecule has 166 valence electrons. The smallest absolute Gasteiger partial charge is 0.278 e. The first-order valence-corrected chi connectivity index (χ1v) is 11.4. The lowest BCUT2D eigenvalue weighted by Crippen LogP contribution is -3.16. The fourth-order valence-electron chi connectivity index (χ4n) is 4.57. The van der Waals surface area contributed by atoms with Crippen LogP contribution in [-0.4, -0.2) is 87.2 Å². The summed E-state index contributed by atoms with van der Waals surface area (Å²) in [4.78, 5) is 30.3. The Kier molecular flexibility index (Phi) is 7.17. The van der Waals surface area contributed by atoms with Crippen LogP contribution in [0.15, 0.2) is 42.5 Å². The molecule has 2 fully saturated rings. The van der Waals surface area contributed by atoms with Gasteiger partial charge in [0.25, 0.3) is 11.8 Å². The average Bonchev–Trinajstić information content (AvgIpc) is 2.83. The number of hydrogen-bond acceptors (Lipinski definition) is 3. The van der Waals surface area contributed by atoms with Crippen molar-refractivity contribution >= 4 is 22.6 Å². The van der Waals surface area contributed by atoms with Gasteiger partial charge in [-0.1, -0.05) is 42.5 Å². The van der Waals surface area contributed by atoms with E-state index in [0.29, 0.717) is 39.4 Å². The largest absolute Gasteiger partial charge is 0.378 e. The van der Waals surface area contributed by atoms with Gasteiger partial charge in [-0.25, -0.2) is 0 Å². The molecule has 0 aromatic heterocycles. The second kappa shape index (κ2) is 10.2. The van der Waals surface area contributed by atoms with Gasteiger partial charge in [0.15, 0.2) is 13.1 Å². The lowest BCUT2D eigenvalue weighted by molar-refractivity contribution is -0.896. The first kappa shape index (κ1) is 21.7. The van der Waals surface area contributed by atoms with Gasteiger partial charge in [-0.2, -0.15) is 0 Å². The van der Waals surface area contributed by atoms with Gasteiger partial charge in [0, 0.05) is 18.7 Å². The van der Waals surface area contributed by atoms with Crippen LogP contribution in [0.25, 0.3) is 10.8 Å². The Morgan fingerprint density at radius 2 is 1.65 bits per heavy atom. The summed E-state index contributed by atoms with van der Waals surface area (Å²) in [5.74, 6) is 0.390. The van der Waals surface area contributed by atoms with Gasteiger partial charge < -0.3 is 24.8 Å². The number of rotatable bonds is 6. The molecule has 2 aliphatic rings. The van der Waals surface area contributed by atoms with E-state index in [1.807, 2.05) is 9.80 Å². The lowest BCUT2D eigenvalue weighted by Gasteiger charge is -2.33. The number of quaternary nitrogens is 2. The third kappa shape index (κ3) is 5.42. The van der Waals surface area contributed by atoms with Gasteiger partial charge in [0.2, 0.25) is 0 Å². The number of nitrogens with zero attached hydrogens (tertiary/aromatic N) is 2. The van der Waals surface area contributed by atoms with Crippen LogP contribution in [0.2, 0.25) is 0 Å². The molecule has 2 aliphatic heterocycles. The highest BCUT2D eigenvalue weighted by Crippen LogP contribution is 2.22. The van der Waals surface area contributed by atoms with E-state index >= 15 is 0 Å². The fourth-order valence-corrected chi connectivity index (χ4v) is 4.57. The lowest BCUT2D eigenvalue weighted by atomic mass is 10.00. The summed E-state index contributed by atoms with van der Waals surface area (Å²) >= 11 is 0. The van der Waals surface area contributed by atoms with Crippen molar-refractivity contribution in [2.75, 3.05) is 65.6 Å². The van der Waals surface area contributed by atoms with Crippen molar-refractivity contribution < 1.29 is 24.5 Å². The van der Waals surface area contributed by atoms with Crippen LogP contribution in [0, 0.1) is 0 Å². The molecule has 0 saturated carbocycles. The van der Waals surface area contributed by atoms with E-state index in [4.69, 9.17) is 4.74 Å². The summed E-state index contributed by atoms with van der Waals surface area (Å²) in [7, 11) is 0. The minimum Gasteiger partial charge on any atom is -0.378 e. The number of fused-ring (bicyclic) bond motifs is 1. The van der Waals surface area contributed by atoms with E-state index in [2.05, 4.69) is 54.7 Å². The molecule has 2 saturated heterocycles. The number of piperazine rings is 1. The van der Waals surface area contributed by atoms with Gasteiger partial charge in [-0.15, -0.1) is 0 Å². The maximum atomic E-state index is 12.8. The van der Waals surface area contributed by atoms with Crippen molar-refractivity contribution in [1.29, 1.82) is 0 Å². The Balaban J connectivity index is 1.23. The van der Waals surface area contributed by atoms with E-state index in [9.17, 15) is 9.59 Å². The number of benzene rings is 2. The van der Waals surface area contributed by atoms with E-state index in [1.165, 1.54) is 21.2 Å². The summed E-state index contributed by atoms with van der Waals surface area (Å²) in [5, 5.41) is 4.62. The normalized spacial score (nSPS) is 18.9. The molecule has 0 aliphatic carbocycles. The number of morpholine rings is 1. The zero-order chi connectivity index (χ0) is 21.6. The Morgan fingerprint density at radius 1 is 0.968 bits per heavy atom. The Morgan fingerprint density at radius 3 is 2.42 bits per heavy atom. The van der Waals surface area contributed by atoms with Gasteiger partial charge >= 0.3 is 0 Å².